The van der Waals surface area contributed by atoms with Gasteiger partial charge in [0.2, 0.25) is 5.95 Å². The Morgan fingerprint density at radius 2 is 0.920 bits per heavy atom. The van der Waals surface area contributed by atoms with Crippen LogP contribution in [0.1, 0.15) is 0 Å². The molecular formula is C45H27N5. The van der Waals surface area contributed by atoms with Crippen LogP contribution in [-0.4, -0.2) is 24.1 Å². The zero-order valence-electron chi connectivity index (χ0n) is 26.8. The predicted molar refractivity (Wildman–Crippen MR) is 204 cm³/mol. The molecule has 0 N–H and O–H groups in total. The third-order valence-electron chi connectivity index (χ3n) is 10.1. The highest BCUT2D eigenvalue weighted by Gasteiger charge is 2.28. The molecular weight excluding hydrogens is 611 g/mol. The van der Waals surface area contributed by atoms with E-state index in [0.717, 1.165) is 33.2 Å². The first-order chi connectivity index (χ1) is 24.8. The highest BCUT2D eigenvalue weighted by atomic mass is 15.2. The van der Waals surface area contributed by atoms with E-state index >= 15 is 0 Å². The molecule has 0 atom stereocenters. The maximum absolute atomic E-state index is 5.18. The largest absolute Gasteiger partial charge is 0.308 e. The molecule has 1 aliphatic rings. The maximum atomic E-state index is 5.18. The number of hydrogen-bond donors (Lipinski definition) is 0. The van der Waals surface area contributed by atoms with Crippen molar-refractivity contribution in [2.75, 3.05) is 0 Å². The lowest BCUT2D eigenvalue weighted by molar-refractivity contribution is 0.953. The van der Waals surface area contributed by atoms with Gasteiger partial charge in [-0.25, -0.2) is 4.98 Å². The SMILES string of the molecule is c1ccc(-c2nc(-c3ccccc3)nc(-n3c4ccccc4c4c5c(ccc43)-n3c4ccccc4c4cccc(c43)-c3ccccc3-5)n2)cc1. The average molecular weight is 638 g/mol. The minimum absolute atomic E-state index is 0.586. The lowest BCUT2D eigenvalue weighted by Gasteiger charge is -2.15. The van der Waals surface area contributed by atoms with E-state index < -0.39 is 0 Å². The van der Waals surface area contributed by atoms with E-state index in [1.807, 2.05) is 36.4 Å². The van der Waals surface area contributed by atoms with Gasteiger partial charge in [-0.3, -0.25) is 4.57 Å². The smallest absolute Gasteiger partial charge is 0.238 e. The van der Waals surface area contributed by atoms with Gasteiger partial charge >= 0.3 is 0 Å². The predicted octanol–water partition coefficient (Wildman–Crippen LogP) is 11.0. The van der Waals surface area contributed by atoms with E-state index in [4.69, 9.17) is 15.0 Å². The monoisotopic (exact) mass is 637 g/mol. The quantitative estimate of drug-likeness (QED) is 0.194. The molecule has 4 heterocycles. The van der Waals surface area contributed by atoms with Crippen molar-refractivity contribution in [1.29, 1.82) is 0 Å². The molecule has 5 heteroatoms. The Bertz CT molecular complexity index is 2920. The van der Waals surface area contributed by atoms with Crippen LogP contribution in [0.4, 0.5) is 0 Å². The van der Waals surface area contributed by atoms with Crippen LogP contribution in [-0.2, 0) is 0 Å². The summed E-state index contributed by atoms with van der Waals surface area (Å²) in [6.45, 7) is 0. The Balaban J connectivity index is 1.30. The lowest BCUT2D eigenvalue weighted by atomic mass is 9.91. The van der Waals surface area contributed by atoms with Crippen molar-refractivity contribution < 1.29 is 0 Å². The van der Waals surface area contributed by atoms with Crippen molar-refractivity contribution in [3.05, 3.63) is 164 Å². The van der Waals surface area contributed by atoms with E-state index in [1.165, 1.54) is 49.4 Å². The van der Waals surface area contributed by atoms with Crippen LogP contribution in [0.15, 0.2) is 164 Å². The molecule has 0 unspecified atom stereocenters. The summed E-state index contributed by atoms with van der Waals surface area (Å²) in [6, 6.07) is 57.8. The van der Waals surface area contributed by atoms with Crippen molar-refractivity contribution in [3.63, 3.8) is 0 Å². The molecule has 0 fully saturated rings. The van der Waals surface area contributed by atoms with Crippen LogP contribution in [0, 0.1) is 0 Å². The molecule has 0 spiro atoms. The van der Waals surface area contributed by atoms with E-state index in [9.17, 15) is 0 Å². The number of para-hydroxylation sites is 3. The minimum atomic E-state index is 0.586. The molecule has 7 aromatic carbocycles. The maximum Gasteiger partial charge on any atom is 0.238 e. The van der Waals surface area contributed by atoms with Gasteiger partial charge in [-0.2, -0.15) is 9.97 Å². The molecule has 5 nitrogen and oxygen atoms in total. The Morgan fingerprint density at radius 3 is 1.64 bits per heavy atom. The molecule has 11 rings (SSSR count). The molecule has 0 saturated heterocycles. The summed E-state index contributed by atoms with van der Waals surface area (Å²) in [5, 5.41) is 4.84. The van der Waals surface area contributed by atoms with Crippen molar-refractivity contribution in [2.24, 2.45) is 0 Å². The van der Waals surface area contributed by atoms with E-state index in [2.05, 4.69) is 137 Å². The first kappa shape index (κ1) is 27.1. The van der Waals surface area contributed by atoms with Crippen LogP contribution in [0.5, 0.6) is 0 Å². The number of benzene rings is 7. The van der Waals surface area contributed by atoms with Gasteiger partial charge in [-0.1, -0.05) is 140 Å². The van der Waals surface area contributed by atoms with Gasteiger partial charge < -0.3 is 4.57 Å². The van der Waals surface area contributed by atoms with E-state index in [-0.39, 0.29) is 0 Å². The Hall–Kier alpha value is -6.85. The van der Waals surface area contributed by atoms with Crippen LogP contribution in [0.25, 0.3) is 100 Å². The number of hydrogen-bond acceptors (Lipinski definition) is 3. The second-order valence-electron chi connectivity index (χ2n) is 12.8. The molecule has 3 aromatic heterocycles. The van der Waals surface area contributed by atoms with Crippen molar-refractivity contribution in [3.8, 4) is 56.7 Å². The fraction of sp³-hybridized carbons (Fsp3) is 0. The molecule has 0 amide bonds. The number of nitrogens with zero attached hydrogens (tertiary/aromatic N) is 5. The zero-order valence-corrected chi connectivity index (χ0v) is 26.8. The highest BCUT2D eigenvalue weighted by molar-refractivity contribution is 6.22. The summed E-state index contributed by atoms with van der Waals surface area (Å²) < 4.78 is 4.69. The third kappa shape index (κ3) is 3.74. The number of aromatic nitrogens is 5. The second kappa shape index (κ2) is 10.3. The van der Waals surface area contributed by atoms with Crippen LogP contribution < -0.4 is 0 Å². The summed E-state index contributed by atoms with van der Waals surface area (Å²) in [6.07, 6.45) is 0. The zero-order chi connectivity index (χ0) is 32.8. The number of fused-ring (bicyclic) bond motifs is 12. The van der Waals surface area contributed by atoms with Gasteiger partial charge in [-0.15, -0.1) is 0 Å². The summed E-state index contributed by atoms with van der Waals surface area (Å²) in [4.78, 5) is 15.3. The van der Waals surface area contributed by atoms with Gasteiger partial charge in [0.05, 0.1) is 27.8 Å². The molecule has 232 valence electrons. The Labute approximate surface area is 287 Å². The van der Waals surface area contributed by atoms with Gasteiger partial charge in [0, 0.05) is 43.8 Å². The molecule has 0 saturated carbocycles. The van der Waals surface area contributed by atoms with Crippen LogP contribution >= 0.6 is 0 Å². The first-order valence-electron chi connectivity index (χ1n) is 16.9. The highest BCUT2D eigenvalue weighted by Crippen LogP contribution is 2.50. The van der Waals surface area contributed by atoms with Crippen LogP contribution in [0.2, 0.25) is 0 Å². The minimum Gasteiger partial charge on any atom is -0.308 e. The Kier molecular flexibility index (Phi) is 5.60. The fourth-order valence-electron chi connectivity index (χ4n) is 8.04. The third-order valence-corrected chi connectivity index (χ3v) is 10.1. The summed E-state index contributed by atoms with van der Waals surface area (Å²) >= 11 is 0. The molecule has 50 heavy (non-hydrogen) atoms. The van der Waals surface area contributed by atoms with Crippen molar-refractivity contribution in [1.82, 2.24) is 24.1 Å². The average Bonchev–Trinajstić information content (AvgIpc) is 3.67. The second-order valence-corrected chi connectivity index (χ2v) is 12.8. The molecule has 0 radical (unpaired) electrons. The van der Waals surface area contributed by atoms with Crippen molar-refractivity contribution >= 4 is 43.6 Å². The van der Waals surface area contributed by atoms with Gasteiger partial charge in [0.1, 0.15) is 0 Å². The summed E-state index contributed by atoms with van der Waals surface area (Å²) in [5.74, 6) is 1.86. The lowest BCUT2D eigenvalue weighted by Crippen LogP contribution is -2.06. The topological polar surface area (TPSA) is 48.5 Å². The normalized spacial score (nSPS) is 12.0. The van der Waals surface area contributed by atoms with E-state index in [0.29, 0.717) is 17.6 Å². The molecule has 10 aromatic rings. The summed E-state index contributed by atoms with van der Waals surface area (Å²) in [5.41, 5.74) is 12.4. The molecule has 0 bridgehead atoms. The molecule has 0 aliphatic carbocycles. The standard InChI is InChI=1S/C45H27N5/c1-3-14-28(15-4-1)43-46-44(29-16-5-2-6-17-29)48-45(47-43)50-37-25-12-10-21-35(37)41-39(50)27-26-38-40(41)32-20-8-7-18-30(32)33-22-13-23-34-31-19-9-11-24-36(31)49(38)42(33)34/h1-27H. The van der Waals surface area contributed by atoms with Gasteiger partial charge in [0.15, 0.2) is 11.6 Å². The number of rotatable bonds is 3. The summed E-state index contributed by atoms with van der Waals surface area (Å²) in [7, 11) is 0. The fourth-order valence-corrected chi connectivity index (χ4v) is 8.04. The van der Waals surface area contributed by atoms with Gasteiger partial charge in [0.25, 0.3) is 0 Å². The first-order valence-corrected chi connectivity index (χ1v) is 16.9. The van der Waals surface area contributed by atoms with Gasteiger partial charge in [-0.05, 0) is 35.4 Å². The van der Waals surface area contributed by atoms with E-state index in [1.54, 1.807) is 0 Å². The molecule has 1 aliphatic heterocycles. The van der Waals surface area contributed by atoms with Crippen molar-refractivity contribution in [2.45, 2.75) is 0 Å². The van der Waals surface area contributed by atoms with Crippen LogP contribution in [0.3, 0.4) is 0 Å². The Morgan fingerprint density at radius 1 is 0.360 bits per heavy atom.